The molecule has 1 heterocycles. The smallest absolute Gasteiger partial charge is 0.405 e. The van der Waals surface area contributed by atoms with E-state index in [4.69, 9.17) is 9.84 Å². The summed E-state index contributed by atoms with van der Waals surface area (Å²) in [6.45, 7) is -0.701. The maximum atomic E-state index is 12.9. The van der Waals surface area contributed by atoms with Crippen LogP contribution in [0.3, 0.4) is 0 Å². The van der Waals surface area contributed by atoms with Crippen molar-refractivity contribution in [3.05, 3.63) is 59.2 Å². The van der Waals surface area contributed by atoms with Gasteiger partial charge in [0.05, 0.1) is 6.42 Å². The summed E-state index contributed by atoms with van der Waals surface area (Å²) >= 11 is 0. The average molecular weight is 405 g/mol. The molecular weight excluding hydrogens is 383 g/mol. The molecule has 1 unspecified atom stereocenters. The van der Waals surface area contributed by atoms with Crippen molar-refractivity contribution in [2.75, 3.05) is 18.0 Å². The lowest BCUT2D eigenvalue weighted by atomic mass is 9.97. The predicted molar refractivity (Wildman–Crippen MR) is 102 cm³/mol. The Balaban J connectivity index is 1.53. The lowest BCUT2D eigenvalue weighted by Crippen LogP contribution is -2.39. The summed E-state index contributed by atoms with van der Waals surface area (Å²) in [6.07, 6.45) is -2.36. The highest BCUT2D eigenvalue weighted by molar-refractivity contribution is 5.68. The molecule has 0 radical (unpaired) electrons. The van der Waals surface area contributed by atoms with Crippen molar-refractivity contribution in [1.29, 1.82) is 0 Å². The molecule has 0 fully saturated rings. The summed E-state index contributed by atoms with van der Waals surface area (Å²) in [7, 11) is 0. The minimum atomic E-state index is -4.26. The van der Waals surface area contributed by atoms with Crippen LogP contribution in [-0.2, 0) is 11.2 Å². The van der Waals surface area contributed by atoms with Gasteiger partial charge in [-0.1, -0.05) is 24.3 Å². The van der Waals surface area contributed by atoms with Crippen molar-refractivity contribution in [3.8, 4) is 5.75 Å². The zero-order valence-corrected chi connectivity index (χ0v) is 15.8. The molecule has 1 N–H and O–H groups in total. The number of fused-ring (bicyclic) bond motifs is 2. The molecule has 7 heteroatoms. The quantitative estimate of drug-likeness (QED) is 0.753. The number of anilines is 1. The molecule has 0 aromatic heterocycles. The Bertz CT molecular complexity index is 912. The Morgan fingerprint density at radius 1 is 1.14 bits per heavy atom. The van der Waals surface area contributed by atoms with Crippen molar-refractivity contribution in [2.24, 2.45) is 0 Å². The molecule has 1 aliphatic carbocycles. The summed E-state index contributed by atoms with van der Waals surface area (Å²) < 4.78 is 44.9. The second-order valence-electron chi connectivity index (χ2n) is 7.68. The molecule has 0 spiro atoms. The van der Waals surface area contributed by atoms with Gasteiger partial charge in [0.25, 0.3) is 0 Å². The number of aliphatic carboxylic acids is 1. The normalized spacial score (nSPS) is 20.9. The van der Waals surface area contributed by atoms with Crippen molar-refractivity contribution in [1.82, 2.24) is 0 Å². The Labute approximate surface area is 166 Å². The van der Waals surface area contributed by atoms with Gasteiger partial charge in [-0.25, -0.2) is 0 Å². The Hall–Kier alpha value is -2.70. The van der Waals surface area contributed by atoms with Crippen LogP contribution in [-0.4, -0.2) is 30.3 Å². The molecule has 0 saturated heterocycles. The maximum absolute atomic E-state index is 12.9. The van der Waals surface area contributed by atoms with E-state index in [2.05, 4.69) is 0 Å². The van der Waals surface area contributed by atoms with Gasteiger partial charge in [-0.2, -0.15) is 13.2 Å². The SMILES string of the molecule is O=C(O)C[C@@H]1CCc2cc(OC3CCN(CC(F)(F)F)c4ccccc43)ccc21. The van der Waals surface area contributed by atoms with E-state index < -0.39 is 18.7 Å². The maximum Gasteiger partial charge on any atom is 0.405 e. The van der Waals surface area contributed by atoms with Gasteiger partial charge in [0.2, 0.25) is 0 Å². The lowest BCUT2D eigenvalue weighted by Gasteiger charge is -2.36. The standard InChI is InChI=1S/C22H22F3NO3/c23-22(24,25)13-26-10-9-20(18-3-1-2-4-19(18)26)29-16-7-8-17-14(11-16)5-6-15(17)12-21(27)28/h1-4,7-8,11,15,20H,5-6,9-10,12-13H2,(H,27,28)/t15-,20?/m0/s1. The summed E-state index contributed by atoms with van der Waals surface area (Å²) in [5.74, 6) is -0.0999. The number of carboxylic acid groups (broad SMARTS) is 1. The second-order valence-corrected chi connectivity index (χ2v) is 7.68. The third kappa shape index (κ3) is 4.33. The number of carbonyl (C=O) groups is 1. The fraction of sp³-hybridized carbons (Fsp3) is 0.409. The molecule has 0 amide bonds. The van der Waals surface area contributed by atoms with Crippen LogP contribution in [0.1, 0.15) is 48.0 Å². The van der Waals surface area contributed by atoms with E-state index >= 15 is 0 Å². The largest absolute Gasteiger partial charge is 0.486 e. The summed E-state index contributed by atoms with van der Waals surface area (Å²) in [5, 5.41) is 9.06. The molecule has 154 valence electrons. The highest BCUT2D eigenvalue weighted by Crippen LogP contribution is 2.41. The van der Waals surface area contributed by atoms with Crippen LogP contribution in [0.4, 0.5) is 18.9 Å². The molecular formula is C22H22F3NO3. The van der Waals surface area contributed by atoms with E-state index in [9.17, 15) is 18.0 Å². The van der Waals surface area contributed by atoms with Crippen molar-refractivity contribution >= 4 is 11.7 Å². The fourth-order valence-corrected chi connectivity index (χ4v) is 4.44. The van der Waals surface area contributed by atoms with Crippen molar-refractivity contribution < 1.29 is 27.8 Å². The van der Waals surface area contributed by atoms with Crippen LogP contribution in [0.5, 0.6) is 5.75 Å². The highest BCUT2D eigenvalue weighted by Gasteiger charge is 2.35. The van der Waals surface area contributed by atoms with E-state index in [1.807, 2.05) is 30.3 Å². The third-order valence-electron chi connectivity index (χ3n) is 5.67. The number of hydrogen-bond donors (Lipinski definition) is 1. The molecule has 2 aromatic rings. The van der Waals surface area contributed by atoms with Gasteiger partial charge < -0.3 is 14.7 Å². The van der Waals surface area contributed by atoms with E-state index in [1.54, 1.807) is 12.1 Å². The number of benzene rings is 2. The van der Waals surface area contributed by atoms with Crippen molar-refractivity contribution in [2.45, 2.75) is 43.9 Å². The van der Waals surface area contributed by atoms with Gasteiger partial charge in [0, 0.05) is 24.2 Å². The zero-order valence-electron chi connectivity index (χ0n) is 15.8. The van der Waals surface area contributed by atoms with Crippen LogP contribution in [0.25, 0.3) is 0 Å². The number of alkyl halides is 3. The Kier molecular flexibility index (Phi) is 5.15. The first-order valence-electron chi connectivity index (χ1n) is 9.72. The van der Waals surface area contributed by atoms with Crippen LogP contribution in [0.15, 0.2) is 42.5 Å². The summed E-state index contributed by atoms with van der Waals surface area (Å²) in [6, 6.07) is 12.8. The van der Waals surface area contributed by atoms with Crippen LogP contribution in [0.2, 0.25) is 0 Å². The summed E-state index contributed by atoms with van der Waals surface area (Å²) in [5.41, 5.74) is 3.47. The zero-order chi connectivity index (χ0) is 20.6. The first-order chi connectivity index (χ1) is 13.8. The molecule has 2 atom stereocenters. The fourth-order valence-electron chi connectivity index (χ4n) is 4.44. The molecule has 0 saturated carbocycles. The molecule has 2 aliphatic rings. The van der Waals surface area contributed by atoms with Gasteiger partial charge in [-0.15, -0.1) is 0 Å². The lowest BCUT2D eigenvalue weighted by molar-refractivity contribution is -0.137. The summed E-state index contributed by atoms with van der Waals surface area (Å²) in [4.78, 5) is 12.4. The topological polar surface area (TPSA) is 49.8 Å². The average Bonchev–Trinajstić information content (AvgIpc) is 3.04. The van der Waals surface area contributed by atoms with Crippen LogP contribution < -0.4 is 9.64 Å². The number of halogens is 3. The van der Waals surface area contributed by atoms with Gasteiger partial charge >= 0.3 is 12.1 Å². The number of aryl methyl sites for hydroxylation is 1. The molecule has 1 aliphatic heterocycles. The van der Waals surface area contributed by atoms with Gasteiger partial charge in [-0.3, -0.25) is 4.79 Å². The highest BCUT2D eigenvalue weighted by atomic mass is 19.4. The third-order valence-corrected chi connectivity index (χ3v) is 5.67. The number of rotatable bonds is 5. The number of carboxylic acids is 1. The second kappa shape index (κ2) is 7.61. The minimum absolute atomic E-state index is 0.0304. The van der Waals surface area contributed by atoms with E-state index in [0.29, 0.717) is 17.9 Å². The molecule has 0 bridgehead atoms. The predicted octanol–water partition coefficient (Wildman–Crippen LogP) is 5.08. The first-order valence-corrected chi connectivity index (χ1v) is 9.72. The molecule has 4 rings (SSSR count). The molecule has 4 nitrogen and oxygen atoms in total. The minimum Gasteiger partial charge on any atom is -0.486 e. The monoisotopic (exact) mass is 405 g/mol. The number of ether oxygens (including phenoxy) is 1. The number of para-hydroxylation sites is 1. The first kappa shape index (κ1) is 19.6. The van der Waals surface area contributed by atoms with Gasteiger partial charge in [0.15, 0.2) is 0 Å². The Morgan fingerprint density at radius 3 is 2.69 bits per heavy atom. The molecule has 29 heavy (non-hydrogen) atoms. The van der Waals surface area contributed by atoms with E-state index in [0.717, 1.165) is 29.5 Å². The van der Waals surface area contributed by atoms with Gasteiger partial charge in [0.1, 0.15) is 18.4 Å². The van der Waals surface area contributed by atoms with Crippen molar-refractivity contribution in [3.63, 3.8) is 0 Å². The number of nitrogens with zero attached hydrogens (tertiary/aromatic N) is 1. The van der Waals surface area contributed by atoms with Gasteiger partial charge in [-0.05, 0) is 48.1 Å². The van der Waals surface area contributed by atoms with E-state index in [-0.39, 0.29) is 25.0 Å². The van der Waals surface area contributed by atoms with E-state index in [1.165, 1.54) is 4.90 Å². The van der Waals surface area contributed by atoms with Crippen LogP contribution >= 0.6 is 0 Å². The number of hydrogen-bond acceptors (Lipinski definition) is 3. The Morgan fingerprint density at radius 2 is 1.93 bits per heavy atom. The molecule has 2 aromatic carbocycles. The van der Waals surface area contributed by atoms with Crippen LogP contribution in [0, 0.1) is 0 Å².